The van der Waals surface area contributed by atoms with Gasteiger partial charge in [-0.15, -0.1) is 0 Å². The Balaban J connectivity index is 1.55. The first-order valence-corrected chi connectivity index (χ1v) is 9.20. The van der Waals surface area contributed by atoms with Crippen LogP contribution < -0.4 is 5.32 Å². The van der Waals surface area contributed by atoms with E-state index in [1.165, 1.54) is 5.56 Å². The molecule has 3 rings (SSSR count). The van der Waals surface area contributed by atoms with E-state index in [-0.39, 0.29) is 17.9 Å². The molecule has 1 saturated carbocycles. The quantitative estimate of drug-likeness (QED) is 0.896. The van der Waals surface area contributed by atoms with Crippen LogP contribution in [0, 0.1) is 5.92 Å². The Morgan fingerprint density at radius 3 is 2.40 bits per heavy atom. The highest BCUT2D eigenvalue weighted by Crippen LogP contribution is 2.32. The zero-order valence-corrected chi connectivity index (χ0v) is 15.4. The summed E-state index contributed by atoms with van der Waals surface area (Å²) in [6.07, 6.45) is 3.62. The standard InChI is InChI=1S/C20H28N2O3/c1-20(2,3)25-19(24)22-11-9-14(10-12-22)16-5-4-6-17(13-16)21-18(23)15-7-8-15/h4-6,13-15H,7-12H2,1-3H3,(H,21,23). The van der Waals surface area contributed by atoms with E-state index in [9.17, 15) is 9.59 Å². The van der Waals surface area contributed by atoms with Gasteiger partial charge in [-0.3, -0.25) is 4.79 Å². The van der Waals surface area contributed by atoms with Crippen molar-refractivity contribution in [2.24, 2.45) is 5.92 Å². The van der Waals surface area contributed by atoms with Crippen molar-refractivity contribution in [3.8, 4) is 0 Å². The van der Waals surface area contributed by atoms with Gasteiger partial charge in [0.05, 0.1) is 0 Å². The Bertz CT molecular complexity index is 639. The zero-order valence-electron chi connectivity index (χ0n) is 15.4. The van der Waals surface area contributed by atoms with Crippen LogP contribution in [0.15, 0.2) is 24.3 Å². The molecule has 0 bridgehead atoms. The number of nitrogens with zero attached hydrogens (tertiary/aromatic N) is 1. The summed E-state index contributed by atoms with van der Waals surface area (Å²) >= 11 is 0. The van der Waals surface area contributed by atoms with Gasteiger partial charge >= 0.3 is 6.09 Å². The third-order valence-corrected chi connectivity index (χ3v) is 4.72. The molecule has 0 atom stereocenters. The Kier molecular flexibility index (Phi) is 5.02. The van der Waals surface area contributed by atoms with Crippen molar-refractivity contribution in [2.45, 2.75) is 58.0 Å². The summed E-state index contributed by atoms with van der Waals surface area (Å²) in [7, 11) is 0. The topological polar surface area (TPSA) is 58.6 Å². The van der Waals surface area contributed by atoms with Gasteiger partial charge in [-0.25, -0.2) is 4.79 Å². The van der Waals surface area contributed by atoms with Crippen molar-refractivity contribution in [3.63, 3.8) is 0 Å². The number of ether oxygens (including phenoxy) is 1. The molecule has 25 heavy (non-hydrogen) atoms. The van der Waals surface area contributed by atoms with Gasteiger partial charge in [-0.2, -0.15) is 0 Å². The van der Waals surface area contributed by atoms with Crippen molar-refractivity contribution in [1.29, 1.82) is 0 Å². The molecule has 2 fully saturated rings. The zero-order chi connectivity index (χ0) is 18.0. The number of hydrogen-bond acceptors (Lipinski definition) is 3. The minimum Gasteiger partial charge on any atom is -0.444 e. The molecule has 0 radical (unpaired) electrons. The van der Waals surface area contributed by atoms with E-state index in [1.807, 2.05) is 32.9 Å². The van der Waals surface area contributed by atoms with Gasteiger partial charge in [-0.1, -0.05) is 12.1 Å². The Labute approximate surface area is 149 Å². The second-order valence-corrected chi connectivity index (χ2v) is 8.13. The van der Waals surface area contributed by atoms with Crippen molar-refractivity contribution >= 4 is 17.7 Å². The number of benzene rings is 1. The van der Waals surface area contributed by atoms with Crippen LogP contribution in [0.1, 0.15) is 57.9 Å². The molecule has 1 saturated heterocycles. The summed E-state index contributed by atoms with van der Waals surface area (Å²) in [6, 6.07) is 8.13. The lowest BCUT2D eigenvalue weighted by Gasteiger charge is -2.33. The van der Waals surface area contributed by atoms with Crippen LogP contribution in [0.5, 0.6) is 0 Å². The second kappa shape index (κ2) is 7.06. The fourth-order valence-electron chi connectivity index (χ4n) is 3.18. The summed E-state index contributed by atoms with van der Waals surface area (Å²) < 4.78 is 5.45. The number of anilines is 1. The number of hydrogen-bond donors (Lipinski definition) is 1. The lowest BCUT2D eigenvalue weighted by atomic mass is 9.89. The average Bonchev–Trinajstić information content (AvgIpc) is 3.38. The number of rotatable bonds is 3. The van der Waals surface area contributed by atoms with E-state index in [0.717, 1.165) is 31.4 Å². The van der Waals surface area contributed by atoms with E-state index in [1.54, 1.807) is 4.90 Å². The molecule has 1 aliphatic heterocycles. The first-order chi connectivity index (χ1) is 11.8. The number of amides is 2. The van der Waals surface area contributed by atoms with Gasteiger partial charge in [0.1, 0.15) is 5.60 Å². The van der Waals surface area contributed by atoms with Crippen molar-refractivity contribution in [3.05, 3.63) is 29.8 Å². The Hall–Kier alpha value is -2.04. The van der Waals surface area contributed by atoms with Crippen LogP contribution >= 0.6 is 0 Å². The molecule has 136 valence electrons. The van der Waals surface area contributed by atoms with Crippen LogP contribution in [-0.4, -0.2) is 35.6 Å². The molecule has 1 aromatic rings. The molecule has 5 heteroatoms. The molecule has 1 N–H and O–H groups in total. The third-order valence-electron chi connectivity index (χ3n) is 4.72. The average molecular weight is 344 g/mol. The Morgan fingerprint density at radius 2 is 1.80 bits per heavy atom. The highest BCUT2D eigenvalue weighted by molar-refractivity contribution is 5.94. The first kappa shape index (κ1) is 17.8. The van der Waals surface area contributed by atoms with E-state index in [0.29, 0.717) is 19.0 Å². The lowest BCUT2D eigenvalue weighted by Crippen LogP contribution is -2.41. The van der Waals surface area contributed by atoms with E-state index in [2.05, 4.69) is 17.4 Å². The molecular formula is C20H28N2O3. The summed E-state index contributed by atoms with van der Waals surface area (Å²) in [6.45, 7) is 7.08. The van der Waals surface area contributed by atoms with Crippen LogP contribution in [0.2, 0.25) is 0 Å². The molecule has 2 amide bonds. The highest BCUT2D eigenvalue weighted by atomic mass is 16.6. The molecule has 0 unspecified atom stereocenters. The summed E-state index contributed by atoms with van der Waals surface area (Å²) in [5, 5.41) is 3.01. The molecule has 2 aliphatic rings. The van der Waals surface area contributed by atoms with E-state index >= 15 is 0 Å². The van der Waals surface area contributed by atoms with Crippen molar-refractivity contribution in [2.75, 3.05) is 18.4 Å². The number of nitrogens with one attached hydrogen (secondary N) is 1. The largest absolute Gasteiger partial charge is 0.444 e. The second-order valence-electron chi connectivity index (χ2n) is 8.13. The van der Waals surface area contributed by atoms with Gasteiger partial charge < -0.3 is 15.0 Å². The molecular weight excluding hydrogens is 316 g/mol. The first-order valence-electron chi connectivity index (χ1n) is 9.20. The molecule has 0 spiro atoms. The van der Waals surface area contributed by atoms with Gasteiger partial charge in [0, 0.05) is 24.7 Å². The number of likely N-dealkylation sites (tertiary alicyclic amines) is 1. The number of carbonyl (C=O) groups excluding carboxylic acids is 2. The summed E-state index contributed by atoms with van der Waals surface area (Å²) in [5.74, 6) is 0.758. The molecule has 1 aromatic carbocycles. The molecule has 1 heterocycles. The van der Waals surface area contributed by atoms with Gasteiger partial charge in [-0.05, 0) is 70.1 Å². The van der Waals surface area contributed by atoms with E-state index < -0.39 is 5.60 Å². The predicted molar refractivity (Wildman–Crippen MR) is 97.6 cm³/mol. The predicted octanol–water partition coefficient (Wildman–Crippen LogP) is 4.15. The maximum absolute atomic E-state index is 12.2. The molecule has 5 nitrogen and oxygen atoms in total. The minimum absolute atomic E-state index is 0.136. The van der Waals surface area contributed by atoms with Gasteiger partial charge in [0.2, 0.25) is 5.91 Å². The van der Waals surface area contributed by atoms with Crippen LogP contribution in [0.25, 0.3) is 0 Å². The smallest absolute Gasteiger partial charge is 0.410 e. The number of carbonyl (C=O) groups is 2. The summed E-state index contributed by atoms with van der Waals surface area (Å²) in [5.41, 5.74) is 1.66. The fourth-order valence-corrected chi connectivity index (χ4v) is 3.18. The van der Waals surface area contributed by atoms with Crippen LogP contribution in [0.4, 0.5) is 10.5 Å². The number of piperidine rings is 1. The van der Waals surface area contributed by atoms with Gasteiger partial charge in [0.15, 0.2) is 0 Å². The minimum atomic E-state index is -0.456. The highest BCUT2D eigenvalue weighted by Gasteiger charge is 2.30. The molecule has 1 aliphatic carbocycles. The third kappa shape index (κ3) is 4.97. The van der Waals surface area contributed by atoms with Crippen LogP contribution in [-0.2, 0) is 9.53 Å². The SMILES string of the molecule is CC(C)(C)OC(=O)N1CCC(c2cccc(NC(=O)C3CC3)c2)CC1. The summed E-state index contributed by atoms with van der Waals surface area (Å²) in [4.78, 5) is 25.9. The van der Waals surface area contributed by atoms with Gasteiger partial charge in [0.25, 0.3) is 0 Å². The maximum atomic E-state index is 12.2. The maximum Gasteiger partial charge on any atom is 0.410 e. The lowest BCUT2D eigenvalue weighted by molar-refractivity contribution is -0.117. The monoisotopic (exact) mass is 344 g/mol. The van der Waals surface area contributed by atoms with Crippen molar-refractivity contribution in [1.82, 2.24) is 4.90 Å². The van der Waals surface area contributed by atoms with Crippen molar-refractivity contribution < 1.29 is 14.3 Å². The molecule has 0 aromatic heterocycles. The van der Waals surface area contributed by atoms with Crippen LogP contribution in [0.3, 0.4) is 0 Å². The normalized spacial score (nSPS) is 18.8. The van der Waals surface area contributed by atoms with E-state index in [4.69, 9.17) is 4.74 Å². The fraction of sp³-hybridized carbons (Fsp3) is 0.600. The Morgan fingerprint density at radius 1 is 1.12 bits per heavy atom.